The van der Waals surface area contributed by atoms with Crippen LogP contribution in [0.25, 0.3) is 0 Å². The fraction of sp³-hybridized carbons (Fsp3) is 0.286. The van der Waals surface area contributed by atoms with Crippen molar-refractivity contribution in [1.29, 1.82) is 0 Å². The predicted octanol–water partition coefficient (Wildman–Crippen LogP) is 4.36. The summed E-state index contributed by atoms with van der Waals surface area (Å²) < 4.78 is 0. The van der Waals surface area contributed by atoms with Crippen molar-refractivity contribution in [2.45, 2.75) is 32.7 Å². The fourth-order valence-corrected chi connectivity index (χ4v) is 2.95. The van der Waals surface area contributed by atoms with Crippen LogP contribution < -0.4 is 10.9 Å². The maximum atomic E-state index is 12.4. The van der Waals surface area contributed by atoms with Crippen molar-refractivity contribution in [2.75, 3.05) is 0 Å². The first kappa shape index (κ1) is 18.0. The van der Waals surface area contributed by atoms with E-state index in [9.17, 15) is 4.79 Å². The highest BCUT2D eigenvalue weighted by Gasteiger charge is 2.35. The normalized spacial score (nSPS) is 14.5. The minimum atomic E-state index is -0.403. The summed E-state index contributed by atoms with van der Waals surface area (Å²) in [6.07, 6.45) is 2.74. The molecular weight excluding hydrogens is 296 g/mol. The summed E-state index contributed by atoms with van der Waals surface area (Å²) in [5, 5.41) is 0. The van der Waals surface area contributed by atoms with E-state index in [1.54, 1.807) is 12.1 Å². The molecule has 2 rings (SSSR count). The van der Waals surface area contributed by atoms with Crippen molar-refractivity contribution in [3.05, 3.63) is 83.9 Å². The van der Waals surface area contributed by atoms with Gasteiger partial charge in [0.2, 0.25) is 0 Å². The highest BCUT2D eigenvalue weighted by Crippen LogP contribution is 2.33. The summed E-state index contributed by atoms with van der Waals surface area (Å²) in [4.78, 5) is 12.4. The molecule has 0 saturated carbocycles. The molecule has 0 radical (unpaired) electrons. The van der Waals surface area contributed by atoms with Crippen molar-refractivity contribution in [3.8, 4) is 0 Å². The molecule has 126 valence electrons. The van der Waals surface area contributed by atoms with Crippen LogP contribution in [0.3, 0.4) is 0 Å². The SMILES string of the molecule is C=C[C@H](C)[C@@](CC)(NNC(=O)c1ccccc1)c1ccc(C)cc1. The van der Waals surface area contributed by atoms with E-state index in [0.29, 0.717) is 5.56 Å². The molecule has 2 N–H and O–H groups in total. The van der Waals surface area contributed by atoms with Crippen molar-refractivity contribution in [3.63, 3.8) is 0 Å². The Morgan fingerprint density at radius 3 is 2.33 bits per heavy atom. The number of amides is 1. The third-order valence-corrected chi connectivity index (χ3v) is 4.69. The first-order valence-corrected chi connectivity index (χ1v) is 8.35. The van der Waals surface area contributed by atoms with E-state index < -0.39 is 5.54 Å². The Labute approximate surface area is 144 Å². The Bertz CT molecular complexity index is 679. The monoisotopic (exact) mass is 322 g/mol. The first-order chi connectivity index (χ1) is 11.5. The van der Waals surface area contributed by atoms with Gasteiger partial charge in [0.15, 0.2) is 0 Å². The summed E-state index contributed by atoms with van der Waals surface area (Å²) >= 11 is 0. The molecule has 2 aromatic carbocycles. The van der Waals surface area contributed by atoms with Gasteiger partial charge in [-0.1, -0.05) is 68.0 Å². The lowest BCUT2D eigenvalue weighted by Gasteiger charge is -2.39. The van der Waals surface area contributed by atoms with Crippen LogP contribution in [0.15, 0.2) is 67.3 Å². The molecule has 0 spiro atoms. The Kier molecular flexibility index (Phi) is 5.93. The maximum Gasteiger partial charge on any atom is 0.265 e. The number of carbonyl (C=O) groups is 1. The summed E-state index contributed by atoms with van der Waals surface area (Å²) in [6.45, 7) is 10.2. The zero-order valence-corrected chi connectivity index (χ0v) is 14.7. The van der Waals surface area contributed by atoms with Crippen molar-refractivity contribution in [2.24, 2.45) is 5.92 Å². The van der Waals surface area contributed by atoms with E-state index in [1.807, 2.05) is 24.3 Å². The zero-order valence-electron chi connectivity index (χ0n) is 14.7. The molecule has 3 nitrogen and oxygen atoms in total. The lowest BCUT2D eigenvalue weighted by molar-refractivity contribution is 0.0883. The van der Waals surface area contributed by atoms with Crippen LogP contribution in [-0.2, 0) is 5.54 Å². The van der Waals surface area contributed by atoms with E-state index >= 15 is 0 Å². The third kappa shape index (κ3) is 3.74. The van der Waals surface area contributed by atoms with Crippen LogP contribution in [0.2, 0.25) is 0 Å². The minimum absolute atomic E-state index is 0.140. The minimum Gasteiger partial charge on any atom is -0.287 e. The van der Waals surface area contributed by atoms with Gasteiger partial charge in [0.05, 0.1) is 5.54 Å². The van der Waals surface area contributed by atoms with Crippen molar-refractivity contribution < 1.29 is 4.79 Å². The smallest absolute Gasteiger partial charge is 0.265 e. The van der Waals surface area contributed by atoms with Crippen molar-refractivity contribution >= 4 is 5.91 Å². The van der Waals surface area contributed by atoms with Gasteiger partial charge < -0.3 is 0 Å². The van der Waals surface area contributed by atoms with Gasteiger partial charge in [0.25, 0.3) is 5.91 Å². The highest BCUT2D eigenvalue weighted by atomic mass is 16.2. The van der Waals surface area contributed by atoms with Gasteiger partial charge in [0, 0.05) is 5.56 Å². The fourth-order valence-electron chi connectivity index (χ4n) is 2.95. The second-order valence-corrected chi connectivity index (χ2v) is 6.16. The molecule has 0 saturated heterocycles. The summed E-state index contributed by atoms with van der Waals surface area (Å²) in [5.41, 5.74) is 8.75. The van der Waals surface area contributed by atoms with Crippen LogP contribution in [-0.4, -0.2) is 5.91 Å². The molecule has 0 unspecified atom stereocenters. The summed E-state index contributed by atoms with van der Waals surface area (Å²) in [6, 6.07) is 17.6. The number of hydrogen-bond donors (Lipinski definition) is 2. The number of rotatable bonds is 7. The largest absolute Gasteiger partial charge is 0.287 e. The average Bonchev–Trinajstić information content (AvgIpc) is 2.63. The molecule has 2 atom stereocenters. The van der Waals surface area contributed by atoms with Crippen molar-refractivity contribution in [1.82, 2.24) is 10.9 Å². The number of hydrazine groups is 1. The number of aryl methyl sites for hydroxylation is 1. The standard InChI is InChI=1S/C21H26N2O/c1-5-17(4)21(6-2,19-14-12-16(3)13-15-19)23-22-20(24)18-10-8-7-9-11-18/h5,7-15,17,23H,1,6H2,2-4H3,(H,22,24)/t17-,21+/m0/s1. The molecule has 0 fully saturated rings. The van der Waals surface area contributed by atoms with Gasteiger partial charge in [-0.3, -0.25) is 10.2 Å². The molecule has 0 aliphatic rings. The summed E-state index contributed by atoms with van der Waals surface area (Å²) in [7, 11) is 0. The molecule has 0 heterocycles. The molecule has 0 aromatic heterocycles. The Morgan fingerprint density at radius 1 is 1.17 bits per heavy atom. The van der Waals surface area contributed by atoms with Gasteiger partial charge >= 0.3 is 0 Å². The molecule has 0 aliphatic heterocycles. The number of carbonyl (C=O) groups excluding carboxylic acids is 1. The Balaban J connectivity index is 2.28. The van der Waals surface area contributed by atoms with Crippen LogP contribution in [0.4, 0.5) is 0 Å². The molecule has 24 heavy (non-hydrogen) atoms. The van der Waals surface area contributed by atoms with Gasteiger partial charge in [-0.15, -0.1) is 6.58 Å². The predicted molar refractivity (Wildman–Crippen MR) is 99.6 cm³/mol. The van der Waals surface area contributed by atoms with Gasteiger partial charge in [-0.25, -0.2) is 5.43 Å². The first-order valence-electron chi connectivity index (χ1n) is 8.35. The molecule has 0 bridgehead atoms. The van der Waals surface area contributed by atoms with E-state index in [-0.39, 0.29) is 11.8 Å². The quantitative estimate of drug-likeness (QED) is 0.587. The Hall–Kier alpha value is -2.39. The Morgan fingerprint density at radius 2 is 1.79 bits per heavy atom. The van der Waals surface area contributed by atoms with Crippen LogP contribution >= 0.6 is 0 Å². The average molecular weight is 322 g/mol. The second-order valence-electron chi connectivity index (χ2n) is 6.16. The molecule has 2 aromatic rings. The van der Waals surface area contributed by atoms with Gasteiger partial charge in [-0.05, 0) is 37.0 Å². The lowest BCUT2D eigenvalue weighted by Crippen LogP contribution is -2.55. The summed E-state index contributed by atoms with van der Waals surface area (Å²) in [5.74, 6) is -0.00178. The van der Waals surface area contributed by atoms with Crippen LogP contribution in [0.1, 0.15) is 41.8 Å². The second kappa shape index (κ2) is 7.93. The number of nitrogens with one attached hydrogen (secondary N) is 2. The lowest BCUT2D eigenvalue weighted by atomic mass is 9.77. The molecule has 3 heteroatoms. The van der Waals surface area contributed by atoms with E-state index in [4.69, 9.17) is 0 Å². The van der Waals surface area contributed by atoms with Gasteiger partial charge in [0.1, 0.15) is 0 Å². The topological polar surface area (TPSA) is 41.1 Å². The number of hydrogen-bond acceptors (Lipinski definition) is 2. The molecule has 1 amide bonds. The number of benzene rings is 2. The zero-order chi connectivity index (χ0) is 17.6. The van der Waals surface area contributed by atoms with Crippen LogP contribution in [0, 0.1) is 12.8 Å². The molecule has 0 aliphatic carbocycles. The van der Waals surface area contributed by atoms with Gasteiger partial charge in [-0.2, -0.15) is 0 Å². The highest BCUT2D eigenvalue weighted by molar-refractivity contribution is 5.93. The molecular formula is C21H26N2O. The van der Waals surface area contributed by atoms with E-state index in [0.717, 1.165) is 12.0 Å². The van der Waals surface area contributed by atoms with E-state index in [2.05, 4.69) is 62.5 Å². The maximum absolute atomic E-state index is 12.4. The van der Waals surface area contributed by atoms with Crippen LogP contribution in [0.5, 0.6) is 0 Å². The van der Waals surface area contributed by atoms with E-state index in [1.165, 1.54) is 5.56 Å². The third-order valence-electron chi connectivity index (χ3n) is 4.69.